The smallest absolute Gasteiger partial charge is 0.220 e. The molecule has 7 nitrogen and oxygen atoms in total. The molecule has 0 unspecified atom stereocenters. The van der Waals surface area contributed by atoms with Gasteiger partial charge in [-0.1, -0.05) is 12.1 Å². The molecule has 120 valence electrons. The molecule has 2 aromatic rings. The highest BCUT2D eigenvalue weighted by Crippen LogP contribution is 2.16. The first kappa shape index (κ1) is 16.2. The summed E-state index contributed by atoms with van der Waals surface area (Å²) in [5.74, 6) is 1.58. The van der Waals surface area contributed by atoms with Crippen LogP contribution in [0.1, 0.15) is 55.6 Å². The largest absolute Gasteiger partial charge is 0.361 e. The summed E-state index contributed by atoms with van der Waals surface area (Å²) >= 11 is 0. The third-order valence-electron chi connectivity index (χ3n) is 3.78. The summed E-state index contributed by atoms with van der Waals surface area (Å²) in [5.41, 5.74) is 1.86. The van der Waals surface area contributed by atoms with Crippen molar-refractivity contribution in [2.75, 3.05) is 0 Å². The number of aryl methyl sites for hydroxylation is 3. The predicted molar refractivity (Wildman–Crippen MR) is 81.2 cm³/mol. The van der Waals surface area contributed by atoms with E-state index in [2.05, 4.69) is 20.6 Å². The molecule has 2 aromatic heterocycles. The van der Waals surface area contributed by atoms with Crippen LogP contribution in [0, 0.1) is 13.8 Å². The number of carbonyl (C=O) groups excluding carboxylic acids is 1. The summed E-state index contributed by atoms with van der Waals surface area (Å²) in [6, 6.07) is -0.111. The zero-order chi connectivity index (χ0) is 16.1. The predicted octanol–water partition coefficient (Wildman–Crippen LogP) is 2.10. The van der Waals surface area contributed by atoms with Crippen molar-refractivity contribution in [1.29, 1.82) is 0 Å². The summed E-state index contributed by atoms with van der Waals surface area (Å²) in [6.07, 6.45) is 3.33. The molecule has 2 heterocycles. The second kappa shape index (κ2) is 7.20. The highest BCUT2D eigenvalue weighted by atomic mass is 16.5. The van der Waals surface area contributed by atoms with Gasteiger partial charge in [0.15, 0.2) is 0 Å². The molecule has 7 heteroatoms. The summed E-state index contributed by atoms with van der Waals surface area (Å²) in [7, 11) is 0. The molecule has 0 aliphatic rings. The Balaban J connectivity index is 1.95. The molecular weight excluding hydrogens is 282 g/mol. The summed E-state index contributed by atoms with van der Waals surface area (Å²) in [5, 5.41) is 11.1. The maximum Gasteiger partial charge on any atom is 0.220 e. The molecule has 22 heavy (non-hydrogen) atoms. The van der Waals surface area contributed by atoms with Crippen molar-refractivity contribution in [2.24, 2.45) is 0 Å². The maximum absolute atomic E-state index is 12.2. The fraction of sp³-hybridized carbons (Fsp3) is 0.600. The van der Waals surface area contributed by atoms with E-state index < -0.39 is 0 Å². The van der Waals surface area contributed by atoms with Gasteiger partial charge in [0.2, 0.25) is 5.91 Å². The zero-order valence-corrected chi connectivity index (χ0v) is 13.6. The molecule has 2 rings (SSSR count). The second-order valence-corrected chi connectivity index (χ2v) is 5.27. The third-order valence-corrected chi connectivity index (χ3v) is 3.78. The van der Waals surface area contributed by atoms with E-state index in [1.807, 2.05) is 32.4 Å². The number of carbonyl (C=O) groups is 1. The van der Waals surface area contributed by atoms with Gasteiger partial charge in [0.25, 0.3) is 0 Å². The molecule has 0 fully saturated rings. The Kier molecular flexibility index (Phi) is 5.30. The molecule has 0 spiro atoms. The lowest BCUT2D eigenvalue weighted by Gasteiger charge is -2.16. The van der Waals surface area contributed by atoms with Crippen molar-refractivity contribution in [2.45, 2.75) is 59.5 Å². The average molecular weight is 305 g/mol. The van der Waals surface area contributed by atoms with Crippen LogP contribution in [-0.2, 0) is 17.8 Å². The van der Waals surface area contributed by atoms with Crippen molar-refractivity contribution in [3.8, 4) is 0 Å². The van der Waals surface area contributed by atoms with Gasteiger partial charge in [-0.05, 0) is 33.6 Å². The quantitative estimate of drug-likeness (QED) is 0.846. The molecule has 0 saturated carbocycles. The highest BCUT2D eigenvalue weighted by Gasteiger charge is 2.18. The minimum absolute atomic E-state index is 0.00231. The minimum Gasteiger partial charge on any atom is -0.361 e. The van der Waals surface area contributed by atoms with Gasteiger partial charge in [-0.3, -0.25) is 4.79 Å². The Morgan fingerprint density at radius 1 is 1.41 bits per heavy atom. The number of nitrogens with one attached hydrogen (secondary N) is 1. The van der Waals surface area contributed by atoms with Crippen LogP contribution < -0.4 is 5.32 Å². The van der Waals surface area contributed by atoms with Gasteiger partial charge in [0.1, 0.15) is 17.9 Å². The molecule has 0 aliphatic carbocycles. The average Bonchev–Trinajstić information content (AvgIpc) is 3.10. The van der Waals surface area contributed by atoms with Gasteiger partial charge in [-0.15, -0.1) is 0 Å². The second-order valence-electron chi connectivity index (χ2n) is 5.27. The van der Waals surface area contributed by atoms with Crippen molar-refractivity contribution < 1.29 is 9.32 Å². The van der Waals surface area contributed by atoms with E-state index in [0.717, 1.165) is 35.8 Å². The number of hydrogen-bond acceptors (Lipinski definition) is 5. The van der Waals surface area contributed by atoms with E-state index in [0.29, 0.717) is 12.8 Å². The summed E-state index contributed by atoms with van der Waals surface area (Å²) < 4.78 is 6.92. The van der Waals surface area contributed by atoms with Crippen LogP contribution in [0.4, 0.5) is 0 Å². The third kappa shape index (κ3) is 3.52. The highest BCUT2D eigenvalue weighted by molar-refractivity contribution is 5.76. The van der Waals surface area contributed by atoms with E-state index >= 15 is 0 Å². The van der Waals surface area contributed by atoms with E-state index in [9.17, 15) is 4.79 Å². The molecular formula is C15H23N5O2. The number of hydrogen-bond donors (Lipinski definition) is 1. The van der Waals surface area contributed by atoms with Crippen molar-refractivity contribution in [1.82, 2.24) is 25.2 Å². The van der Waals surface area contributed by atoms with Crippen LogP contribution in [0.2, 0.25) is 0 Å². The van der Waals surface area contributed by atoms with Crippen LogP contribution in [0.15, 0.2) is 10.9 Å². The van der Waals surface area contributed by atoms with Crippen molar-refractivity contribution in [3.05, 3.63) is 29.2 Å². The number of rotatable bonds is 7. The monoisotopic (exact) mass is 305 g/mol. The summed E-state index contributed by atoms with van der Waals surface area (Å²) in [6.45, 7) is 8.52. The zero-order valence-electron chi connectivity index (χ0n) is 13.6. The Morgan fingerprint density at radius 2 is 2.18 bits per heavy atom. The summed E-state index contributed by atoms with van der Waals surface area (Å²) in [4.78, 5) is 16.5. The van der Waals surface area contributed by atoms with E-state index in [4.69, 9.17) is 4.52 Å². The lowest BCUT2D eigenvalue weighted by molar-refractivity contribution is -0.121. The lowest BCUT2D eigenvalue weighted by atomic mass is 10.1. The standard InChI is InChI=1S/C15H23N5O2/c1-5-13(15-16-9-17-20(15)6-2)18-14(21)8-7-12-10(3)19-22-11(12)4/h9,13H,5-8H2,1-4H3,(H,18,21)/t13-/m1/s1. The van der Waals surface area contributed by atoms with E-state index in [1.165, 1.54) is 6.33 Å². The van der Waals surface area contributed by atoms with E-state index in [-0.39, 0.29) is 11.9 Å². The van der Waals surface area contributed by atoms with Gasteiger partial charge >= 0.3 is 0 Å². The molecule has 0 aliphatic heterocycles. The first-order chi connectivity index (χ1) is 10.6. The normalized spacial score (nSPS) is 12.4. The first-order valence-corrected chi connectivity index (χ1v) is 7.65. The topological polar surface area (TPSA) is 85.8 Å². The van der Waals surface area contributed by atoms with Gasteiger partial charge in [-0.2, -0.15) is 5.10 Å². The van der Waals surface area contributed by atoms with Gasteiger partial charge in [0.05, 0.1) is 11.7 Å². The van der Waals surface area contributed by atoms with Crippen LogP contribution >= 0.6 is 0 Å². The van der Waals surface area contributed by atoms with Crippen LogP contribution in [0.25, 0.3) is 0 Å². The maximum atomic E-state index is 12.2. The Labute approximate surface area is 130 Å². The van der Waals surface area contributed by atoms with E-state index in [1.54, 1.807) is 0 Å². The van der Waals surface area contributed by atoms with Crippen molar-refractivity contribution >= 4 is 5.91 Å². The number of nitrogens with zero attached hydrogens (tertiary/aromatic N) is 4. The fourth-order valence-electron chi connectivity index (χ4n) is 2.50. The lowest BCUT2D eigenvalue weighted by Crippen LogP contribution is -2.30. The molecule has 0 radical (unpaired) electrons. The molecule has 0 aromatic carbocycles. The Morgan fingerprint density at radius 3 is 2.77 bits per heavy atom. The molecule has 1 N–H and O–H groups in total. The Hall–Kier alpha value is -2.18. The van der Waals surface area contributed by atoms with Gasteiger partial charge < -0.3 is 9.84 Å². The molecule has 1 amide bonds. The molecule has 1 atom stereocenters. The van der Waals surface area contributed by atoms with Crippen LogP contribution in [0.5, 0.6) is 0 Å². The van der Waals surface area contributed by atoms with Crippen LogP contribution in [0.3, 0.4) is 0 Å². The number of aromatic nitrogens is 4. The fourth-order valence-corrected chi connectivity index (χ4v) is 2.50. The molecule has 0 saturated heterocycles. The van der Waals surface area contributed by atoms with Crippen molar-refractivity contribution in [3.63, 3.8) is 0 Å². The minimum atomic E-state index is -0.111. The van der Waals surface area contributed by atoms with Gasteiger partial charge in [-0.25, -0.2) is 9.67 Å². The Bertz CT molecular complexity index is 612. The number of amides is 1. The molecule has 0 bridgehead atoms. The SMILES string of the molecule is CC[C@@H](NC(=O)CCc1c(C)noc1C)c1ncnn1CC. The first-order valence-electron chi connectivity index (χ1n) is 7.65. The van der Waals surface area contributed by atoms with Crippen LogP contribution in [-0.4, -0.2) is 25.8 Å². The van der Waals surface area contributed by atoms with Gasteiger partial charge in [0, 0.05) is 18.5 Å².